The average Bonchev–Trinajstić information content (AvgIpc) is 2.99. The fraction of sp³-hybridized carbons (Fsp3) is 0.444. The molecule has 1 aromatic carbocycles. The minimum atomic E-state index is 0.252. The molecule has 2 rings (SSSR count). The Hall–Kier alpha value is -1.92. The van der Waals surface area contributed by atoms with Gasteiger partial charge in [-0.25, -0.2) is 4.98 Å². The molecule has 0 spiro atoms. The second-order valence-corrected chi connectivity index (χ2v) is 7.14. The first kappa shape index (κ1) is 18.4. The van der Waals surface area contributed by atoms with Gasteiger partial charge in [0.25, 0.3) is 0 Å². The summed E-state index contributed by atoms with van der Waals surface area (Å²) < 4.78 is 5.61. The molecule has 0 aliphatic rings. The van der Waals surface area contributed by atoms with Crippen LogP contribution in [0.5, 0.6) is 0 Å². The molecule has 0 radical (unpaired) electrons. The molecule has 6 heteroatoms. The van der Waals surface area contributed by atoms with Gasteiger partial charge < -0.3 is 15.4 Å². The van der Waals surface area contributed by atoms with Crippen molar-refractivity contribution in [3.63, 3.8) is 0 Å². The van der Waals surface area contributed by atoms with E-state index in [0.717, 1.165) is 17.5 Å². The van der Waals surface area contributed by atoms with E-state index >= 15 is 0 Å². The highest BCUT2D eigenvalue weighted by Crippen LogP contribution is 2.10. The summed E-state index contributed by atoms with van der Waals surface area (Å²) in [5.41, 5.74) is 2.39. The zero-order chi connectivity index (χ0) is 17.4. The van der Waals surface area contributed by atoms with Crippen LogP contribution in [-0.4, -0.2) is 24.1 Å². The third kappa shape index (κ3) is 6.29. The average molecular weight is 347 g/mol. The Bertz CT molecular complexity index is 649. The number of aromatic nitrogens is 1. The molecule has 0 bridgehead atoms. The predicted molar refractivity (Wildman–Crippen MR) is 100 cm³/mol. The minimum absolute atomic E-state index is 0.252. The lowest BCUT2D eigenvalue weighted by atomic mass is 10.1. The number of guanidine groups is 1. The molecule has 130 valence electrons. The summed E-state index contributed by atoms with van der Waals surface area (Å²) in [7, 11) is 1.77. The van der Waals surface area contributed by atoms with E-state index in [-0.39, 0.29) is 6.10 Å². The first-order valence-corrected chi connectivity index (χ1v) is 8.93. The van der Waals surface area contributed by atoms with Crippen molar-refractivity contribution in [2.75, 3.05) is 7.05 Å². The van der Waals surface area contributed by atoms with E-state index in [4.69, 9.17) is 4.74 Å². The summed E-state index contributed by atoms with van der Waals surface area (Å²) in [6, 6.07) is 8.44. The maximum absolute atomic E-state index is 5.61. The van der Waals surface area contributed by atoms with Crippen molar-refractivity contribution < 1.29 is 4.74 Å². The number of nitrogens with one attached hydrogen (secondary N) is 2. The van der Waals surface area contributed by atoms with Crippen molar-refractivity contribution in [1.29, 1.82) is 0 Å². The summed E-state index contributed by atoms with van der Waals surface area (Å²) >= 11 is 1.69. The van der Waals surface area contributed by atoms with Crippen LogP contribution in [0.15, 0.2) is 35.5 Å². The van der Waals surface area contributed by atoms with Gasteiger partial charge in [-0.05, 0) is 31.9 Å². The zero-order valence-electron chi connectivity index (χ0n) is 14.8. The fourth-order valence-corrected chi connectivity index (χ4v) is 2.79. The molecule has 2 aromatic rings. The van der Waals surface area contributed by atoms with Crippen LogP contribution in [0.25, 0.3) is 0 Å². The first-order valence-electron chi connectivity index (χ1n) is 8.12. The molecule has 0 aliphatic carbocycles. The number of hydrogen-bond donors (Lipinski definition) is 2. The van der Waals surface area contributed by atoms with Crippen LogP contribution >= 0.6 is 11.3 Å². The number of aryl methyl sites for hydroxylation is 1. The maximum atomic E-state index is 5.61. The van der Waals surface area contributed by atoms with Gasteiger partial charge in [-0.15, -0.1) is 11.3 Å². The van der Waals surface area contributed by atoms with Crippen molar-refractivity contribution in [2.45, 2.75) is 46.6 Å². The Kier molecular flexibility index (Phi) is 7.21. The lowest BCUT2D eigenvalue weighted by molar-refractivity contribution is 0.0657. The summed E-state index contributed by atoms with van der Waals surface area (Å²) in [5, 5.41) is 7.66. The van der Waals surface area contributed by atoms with Crippen LogP contribution in [-0.2, 0) is 24.4 Å². The van der Waals surface area contributed by atoms with Gasteiger partial charge in [0.1, 0.15) is 5.01 Å². The number of ether oxygens (including phenoxy) is 1. The van der Waals surface area contributed by atoms with Crippen molar-refractivity contribution in [2.24, 2.45) is 4.99 Å². The quantitative estimate of drug-likeness (QED) is 0.597. The van der Waals surface area contributed by atoms with Gasteiger partial charge in [-0.1, -0.05) is 24.3 Å². The molecule has 0 saturated carbocycles. The van der Waals surface area contributed by atoms with Gasteiger partial charge in [0, 0.05) is 24.7 Å². The molecule has 1 heterocycles. The monoisotopic (exact) mass is 346 g/mol. The highest BCUT2D eigenvalue weighted by atomic mass is 32.1. The Morgan fingerprint density at radius 2 is 1.83 bits per heavy atom. The Morgan fingerprint density at radius 3 is 2.42 bits per heavy atom. The molecule has 24 heavy (non-hydrogen) atoms. The van der Waals surface area contributed by atoms with Crippen LogP contribution in [0, 0.1) is 6.92 Å². The summed E-state index contributed by atoms with van der Waals surface area (Å²) in [6.45, 7) is 8.21. The van der Waals surface area contributed by atoms with Crippen molar-refractivity contribution in [3.8, 4) is 0 Å². The fourth-order valence-electron chi connectivity index (χ4n) is 2.07. The second kappa shape index (κ2) is 9.39. The standard InChI is InChI=1S/C18H26N4OS/c1-13(2)23-12-16-7-5-15(6-8-16)10-21-18(19-4)22-11-17-20-9-14(3)24-17/h5-9,13H,10-12H2,1-4H3,(H2,19,21,22). The third-order valence-electron chi connectivity index (χ3n) is 3.37. The topological polar surface area (TPSA) is 58.5 Å². The number of thiazole rings is 1. The molecule has 0 atom stereocenters. The molecule has 0 saturated heterocycles. The third-order valence-corrected chi connectivity index (χ3v) is 4.28. The molecule has 1 aromatic heterocycles. The molecular weight excluding hydrogens is 320 g/mol. The van der Waals surface area contributed by atoms with Gasteiger partial charge in [0.15, 0.2) is 5.96 Å². The molecule has 2 N–H and O–H groups in total. The second-order valence-electron chi connectivity index (χ2n) is 5.82. The van der Waals surface area contributed by atoms with Crippen LogP contribution in [0.1, 0.15) is 34.9 Å². The molecular formula is C18H26N4OS. The molecule has 0 unspecified atom stereocenters. The lowest BCUT2D eigenvalue weighted by Crippen LogP contribution is -2.36. The first-order chi connectivity index (χ1) is 11.6. The van der Waals surface area contributed by atoms with Crippen LogP contribution in [0.3, 0.4) is 0 Å². The zero-order valence-corrected chi connectivity index (χ0v) is 15.6. The van der Waals surface area contributed by atoms with E-state index in [1.807, 2.05) is 20.0 Å². The van der Waals surface area contributed by atoms with Crippen molar-refractivity contribution in [1.82, 2.24) is 15.6 Å². The number of rotatable bonds is 7. The molecule has 0 amide bonds. The molecule has 5 nitrogen and oxygen atoms in total. The highest BCUT2D eigenvalue weighted by Gasteiger charge is 2.02. The number of nitrogens with zero attached hydrogens (tertiary/aromatic N) is 2. The van der Waals surface area contributed by atoms with Crippen LogP contribution in [0.2, 0.25) is 0 Å². The van der Waals surface area contributed by atoms with E-state index in [2.05, 4.69) is 51.8 Å². The van der Waals surface area contributed by atoms with Gasteiger partial charge in [-0.3, -0.25) is 4.99 Å². The number of hydrogen-bond acceptors (Lipinski definition) is 4. The smallest absolute Gasteiger partial charge is 0.191 e. The molecule has 0 fully saturated rings. The molecule has 0 aliphatic heterocycles. The van der Waals surface area contributed by atoms with Crippen molar-refractivity contribution in [3.05, 3.63) is 51.5 Å². The lowest BCUT2D eigenvalue weighted by Gasteiger charge is -2.12. The van der Waals surface area contributed by atoms with E-state index < -0.39 is 0 Å². The Morgan fingerprint density at radius 1 is 1.17 bits per heavy atom. The van der Waals surface area contributed by atoms with Gasteiger partial charge in [0.05, 0.1) is 19.3 Å². The van der Waals surface area contributed by atoms with Gasteiger partial charge in [0.2, 0.25) is 0 Å². The predicted octanol–water partition coefficient (Wildman–Crippen LogP) is 3.24. The number of benzene rings is 1. The highest BCUT2D eigenvalue weighted by molar-refractivity contribution is 7.11. The van der Waals surface area contributed by atoms with E-state index in [0.29, 0.717) is 13.2 Å². The van der Waals surface area contributed by atoms with Crippen molar-refractivity contribution >= 4 is 17.3 Å². The number of aliphatic imine (C=N–C) groups is 1. The minimum Gasteiger partial charge on any atom is -0.374 e. The summed E-state index contributed by atoms with van der Waals surface area (Å²) in [6.07, 6.45) is 2.14. The normalized spacial score (nSPS) is 11.8. The van der Waals surface area contributed by atoms with Crippen LogP contribution in [0.4, 0.5) is 0 Å². The van der Waals surface area contributed by atoms with Gasteiger partial charge in [-0.2, -0.15) is 0 Å². The van der Waals surface area contributed by atoms with Gasteiger partial charge >= 0.3 is 0 Å². The Balaban J connectivity index is 1.78. The van der Waals surface area contributed by atoms with E-state index in [1.54, 1.807) is 18.4 Å². The van der Waals surface area contributed by atoms with E-state index in [1.165, 1.54) is 16.0 Å². The summed E-state index contributed by atoms with van der Waals surface area (Å²) in [4.78, 5) is 9.80. The van der Waals surface area contributed by atoms with E-state index in [9.17, 15) is 0 Å². The Labute approximate surface area is 148 Å². The van der Waals surface area contributed by atoms with Crippen LogP contribution < -0.4 is 10.6 Å². The maximum Gasteiger partial charge on any atom is 0.191 e. The largest absolute Gasteiger partial charge is 0.374 e. The summed E-state index contributed by atoms with van der Waals surface area (Å²) in [5.74, 6) is 0.773. The SMILES string of the molecule is CN=C(NCc1ccc(COC(C)C)cc1)NCc1ncc(C)s1.